The number of nitrogens with one attached hydrogen (secondary N) is 1. The Morgan fingerprint density at radius 1 is 1.31 bits per heavy atom. The molecule has 0 unspecified atom stereocenters. The fourth-order valence-corrected chi connectivity index (χ4v) is 3.03. The third kappa shape index (κ3) is 4.82. The zero-order chi connectivity index (χ0) is 18.7. The van der Waals surface area contributed by atoms with E-state index in [1.807, 2.05) is 13.1 Å². The first-order valence-corrected chi connectivity index (χ1v) is 9.33. The Bertz CT molecular complexity index is 920. The van der Waals surface area contributed by atoms with Crippen molar-refractivity contribution < 1.29 is 9.18 Å². The Morgan fingerprint density at radius 2 is 2.12 bits per heavy atom. The van der Waals surface area contributed by atoms with Gasteiger partial charge in [-0.2, -0.15) is 10.2 Å². The molecule has 0 saturated heterocycles. The number of carbonyl (C=O) groups excluding carboxylic acids is 1. The van der Waals surface area contributed by atoms with Gasteiger partial charge in [0, 0.05) is 25.4 Å². The Kier molecular flexibility index (Phi) is 5.92. The third-order valence-corrected chi connectivity index (χ3v) is 5.00. The smallest absolute Gasteiger partial charge is 0.227 e. The molecule has 3 aromatic rings. The fourth-order valence-electron chi connectivity index (χ4n) is 2.40. The summed E-state index contributed by atoms with van der Waals surface area (Å²) in [5.74, 6) is -0.219. The lowest BCUT2D eigenvalue weighted by atomic mass is 10.2. The maximum atomic E-state index is 13.3. The molecule has 0 aliphatic heterocycles. The van der Waals surface area contributed by atoms with E-state index in [1.54, 1.807) is 27.7 Å². The van der Waals surface area contributed by atoms with E-state index in [2.05, 4.69) is 38.1 Å². The van der Waals surface area contributed by atoms with Crippen LogP contribution in [-0.4, -0.2) is 25.5 Å². The van der Waals surface area contributed by atoms with Crippen LogP contribution in [0.5, 0.6) is 0 Å². The van der Waals surface area contributed by atoms with Crippen LogP contribution in [-0.2, 0) is 17.9 Å². The summed E-state index contributed by atoms with van der Waals surface area (Å²) in [7, 11) is 0. The van der Waals surface area contributed by atoms with E-state index in [-0.39, 0.29) is 18.1 Å². The van der Waals surface area contributed by atoms with Gasteiger partial charge in [-0.3, -0.25) is 14.2 Å². The van der Waals surface area contributed by atoms with Crippen LogP contribution in [0.2, 0.25) is 5.02 Å². The Balaban J connectivity index is 1.59. The second-order valence-corrected chi connectivity index (χ2v) is 7.35. The van der Waals surface area contributed by atoms with E-state index < -0.39 is 0 Å². The van der Waals surface area contributed by atoms with Gasteiger partial charge in [-0.15, -0.1) is 0 Å². The number of amides is 1. The third-order valence-electron chi connectivity index (χ3n) is 3.66. The van der Waals surface area contributed by atoms with Crippen molar-refractivity contribution in [2.45, 2.75) is 26.4 Å². The Hall–Kier alpha value is -1.94. The molecule has 0 spiro atoms. The summed E-state index contributed by atoms with van der Waals surface area (Å²) in [6.07, 6.45) is 3.75. The van der Waals surface area contributed by atoms with Gasteiger partial charge in [0.25, 0.3) is 0 Å². The number of hydrogen-bond acceptors (Lipinski definition) is 3. The van der Waals surface area contributed by atoms with Gasteiger partial charge in [0.05, 0.1) is 15.8 Å². The van der Waals surface area contributed by atoms with Crippen LogP contribution in [0.25, 0.3) is 0 Å². The highest BCUT2D eigenvalue weighted by Gasteiger charge is 2.12. The lowest BCUT2D eigenvalue weighted by molar-refractivity contribution is -0.116. The van der Waals surface area contributed by atoms with Gasteiger partial charge in [0.1, 0.15) is 10.8 Å². The Morgan fingerprint density at radius 3 is 2.81 bits per heavy atom. The zero-order valence-electron chi connectivity index (χ0n) is 13.9. The number of nitrogens with zero attached hydrogens (tertiary/aromatic N) is 4. The number of carbonyl (C=O) groups is 1. The van der Waals surface area contributed by atoms with Gasteiger partial charge in [-0.05, 0) is 47.2 Å². The number of rotatable bonds is 6. The van der Waals surface area contributed by atoms with E-state index in [4.69, 9.17) is 11.6 Å². The van der Waals surface area contributed by atoms with Crippen LogP contribution in [0.1, 0.15) is 17.7 Å². The lowest BCUT2D eigenvalue weighted by Gasteiger charge is -2.04. The fraction of sp³-hybridized carbons (Fsp3) is 0.235. The average Bonchev–Trinajstić information content (AvgIpc) is 3.08. The highest BCUT2D eigenvalue weighted by Crippen LogP contribution is 2.20. The van der Waals surface area contributed by atoms with Crippen LogP contribution in [0, 0.1) is 16.3 Å². The van der Waals surface area contributed by atoms with E-state index >= 15 is 0 Å². The summed E-state index contributed by atoms with van der Waals surface area (Å²) in [5.41, 5.74) is 1.69. The van der Waals surface area contributed by atoms with Gasteiger partial charge in [0.2, 0.25) is 5.91 Å². The summed E-state index contributed by atoms with van der Waals surface area (Å²) in [4.78, 5) is 12.1. The summed E-state index contributed by atoms with van der Waals surface area (Å²) >= 11 is 8.34. The van der Waals surface area contributed by atoms with Crippen molar-refractivity contribution in [2.24, 2.45) is 0 Å². The van der Waals surface area contributed by atoms with Crippen molar-refractivity contribution in [3.05, 3.63) is 62.3 Å². The highest BCUT2D eigenvalue weighted by molar-refractivity contribution is 14.1. The minimum absolute atomic E-state index is 0.203. The molecule has 1 N–H and O–H groups in total. The molecule has 0 aliphatic rings. The van der Waals surface area contributed by atoms with Crippen molar-refractivity contribution in [3.63, 3.8) is 0 Å². The maximum Gasteiger partial charge on any atom is 0.227 e. The van der Waals surface area contributed by atoms with Crippen LogP contribution in [0.3, 0.4) is 0 Å². The predicted molar refractivity (Wildman–Crippen MR) is 106 cm³/mol. The topological polar surface area (TPSA) is 64.7 Å². The van der Waals surface area contributed by atoms with Crippen molar-refractivity contribution in [2.75, 3.05) is 5.32 Å². The molecule has 0 aliphatic carbocycles. The number of aromatic nitrogens is 4. The molecular formula is C17H16ClFIN5O. The van der Waals surface area contributed by atoms with E-state index in [0.29, 0.717) is 23.9 Å². The van der Waals surface area contributed by atoms with Crippen molar-refractivity contribution >= 4 is 45.9 Å². The summed E-state index contributed by atoms with van der Waals surface area (Å²) < 4.78 is 17.6. The quantitative estimate of drug-likeness (QED) is 0.537. The number of anilines is 1. The lowest BCUT2D eigenvalue weighted by Crippen LogP contribution is -2.15. The van der Waals surface area contributed by atoms with Gasteiger partial charge in [0.15, 0.2) is 5.82 Å². The van der Waals surface area contributed by atoms with Crippen LogP contribution in [0.15, 0.2) is 36.7 Å². The van der Waals surface area contributed by atoms with Crippen LogP contribution >= 0.6 is 34.2 Å². The molecule has 0 fully saturated rings. The molecule has 6 nitrogen and oxygen atoms in total. The molecule has 2 heterocycles. The zero-order valence-corrected chi connectivity index (χ0v) is 16.8. The number of halogens is 3. The normalized spacial score (nSPS) is 10.9. The molecule has 26 heavy (non-hydrogen) atoms. The second-order valence-electron chi connectivity index (χ2n) is 5.78. The summed E-state index contributed by atoms with van der Waals surface area (Å²) in [5, 5.41) is 11.6. The summed E-state index contributed by atoms with van der Waals surface area (Å²) in [6, 6.07) is 6.25. The molecule has 0 atom stereocenters. The minimum Gasteiger partial charge on any atom is -0.308 e. The number of aryl methyl sites for hydroxylation is 2. The standard InChI is InChI=1S/C17H16ClFIN5O/c1-11-15(20)10-24(22-11)6-5-16(26)21-17-14(18)9-25(23-17)8-12-3-2-4-13(19)7-12/h2-4,7,9-10H,5-6,8H2,1H3,(H,21,23,26). The van der Waals surface area contributed by atoms with E-state index in [1.165, 1.54) is 12.1 Å². The molecule has 0 radical (unpaired) electrons. The molecule has 2 aromatic heterocycles. The molecule has 1 amide bonds. The van der Waals surface area contributed by atoms with E-state index in [9.17, 15) is 9.18 Å². The predicted octanol–water partition coefficient (Wildman–Crippen LogP) is 3.86. The molecule has 136 valence electrons. The summed E-state index contributed by atoms with van der Waals surface area (Å²) in [6.45, 7) is 2.75. The molecule has 9 heteroatoms. The maximum absolute atomic E-state index is 13.3. The van der Waals surface area contributed by atoms with Crippen LogP contribution in [0.4, 0.5) is 10.2 Å². The minimum atomic E-state index is -0.308. The molecule has 3 rings (SSSR count). The molecular weight excluding hydrogens is 472 g/mol. The van der Waals surface area contributed by atoms with E-state index in [0.717, 1.165) is 14.8 Å². The van der Waals surface area contributed by atoms with Gasteiger partial charge < -0.3 is 5.32 Å². The molecule has 0 saturated carbocycles. The largest absolute Gasteiger partial charge is 0.308 e. The molecule has 1 aromatic carbocycles. The first kappa shape index (κ1) is 18.8. The Labute approximate surface area is 168 Å². The van der Waals surface area contributed by atoms with Gasteiger partial charge in [-0.1, -0.05) is 23.7 Å². The second kappa shape index (κ2) is 8.17. The molecule has 0 bridgehead atoms. The van der Waals surface area contributed by atoms with Crippen molar-refractivity contribution in [1.82, 2.24) is 19.6 Å². The van der Waals surface area contributed by atoms with Crippen LogP contribution < -0.4 is 5.32 Å². The van der Waals surface area contributed by atoms with Crippen molar-refractivity contribution in [1.29, 1.82) is 0 Å². The number of hydrogen-bond donors (Lipinski definition) is 1. The highest BCUT2D eigenvalue weighted by atomic mass is 127. The number of benzene rings is 1. The first-order chi connectivity index (χ1) is 12.4. The SMILES string of the molecule is Cc1nn(CCC(=O)Nc2nn(Cc3cccc(F)c3)cc2Cl)cc1I. The van der Waals surface area contributed by atoms with Crippen molar-refractivity contribution in [3.8, 4) is 0 Å². The van der Waals surface area contributed by atoms with Gasteiger partial charge >= 0.3 is 0 Å². The van der Waals surface area contributed by atoms with Gasteiger partial charge in [-0.25, -0.2) is 4.39 Å². The average molecular weight is 488 g/mol. The first-order valence-electron chi connectivity index (χ1n) is 7.87. The monoisotopic (exact) mass is 487 g/mol.